The summed E-state index contributed by atoms with van der Waals surface area (Å²) in [5.74, 6) is 2.75. The van der Waals surface area contributed by atoms with E-state index in [0.29, 0.717) is 0 Å². The van der Waals surface area contributed by atoms with Crippen LogP contribution >= 0.6 is 0 Å². The van der Waals surface area contributed by atoms with Gasteiger partial charge < -0.3 is 43.3 Å². The summed E-state index contributed by atoms with van der Waals surface area (Å²) in [5, 5.41) is 24.2. The summed E-state index contributed by atoms with van der Waals surface area (Å²) in [5.41, 5.74) is 25.9. The van der Waals surface area contributed by atoms with Crippen LogP contribution in [0, 0.1) is 57.2 Å². The van der Waals surface area contributed by atoms with E-state index in [9.17, 15) is 0 Å². The largest absolute Gasteiger partial charge is 0.537 e. The van der Waals surface area contributed by atoms with Gasteiger partial charge in [0.15, 0.2) is 0 Å². The second-order valence-corrected chi connectivity index (χ2v) is 29.4. The second-order valence-electron chi connectivity index (χ2n) is 29.4. The molecular formula is C99H63B3Ir3N12O3-6. The standard InChI is InChI=1S/3C18H12BN2O.3C15H9N2.3Ir/c2*1-12-10-14-18(20-11-12)13-6-2-3-7-15(13)21-16-8-4-5-9-17(16)22-19(14)21;1-12-8-9-17-16(11-12)21-15-7-3-2-5-13(15)18-14(19(21)22-17)6-4-10-20-18;3*1-2-6-13-11(5-1)12-7-3-4-8-14(12)17-15(13)9-10-16-17;;;/h2*2-5,7-11H,1H3;2-4,6-11H,1H3;3*1-7,9-10H;;;/q6*-1;;;. The van der Waals surface area contributed by atoms with Crippen molar-refractivity contribution in [2.75, 3.05) is 14.4 Å². The van der Waals surface area contributed by atoms with Crippen LogP contribution in [-0.4, -0.2) is 64.9 Å². The van der Waals surface area contributed by atoms with Crippen LogP contribution in [-0.2, 0) is 60.3 Å². The third kappa shape index (κ3) is 12.9. The molecule has 21 heteroatoms. The molecule has 6 aliphatic heterocycles. The number of rotatable bonds is 0. The zero-order valence-electron chi connectivity index (χ0n) is 64.5. The van der Waals surface area contributed by atoms with Crippen molar-refractivity contribution in [1.29, 1.82) is 0 Å². The zero-order chi connectivity index (χ0) is 77.8. The molecule has 0 fully saturated rings. The fourth-order valence-electron chi connectivity index (χ4n) is 17.3. The summed E-state index contributed by atoms with van der Waals surface area (Å²) >= 11 is 0. The number of nitrogens with zero attached hydrogens (tertiary/aromatic N) is 12. The van der Waals surface area contributed by atoms with Crippen molar-refractivity contribution >= 4 is 153 Å². The Hall–Kier alpha value is -13.3. The van der Waals surface area contributed by atoms with Crippen molar-refractivity contribution in [2.45, 2.75) is 20.8 Å². The van der Waals surface area contributed by atoms with Crippen molar-refractivity contribution in [1.82, 2.24) is 43.8 Å². The smallest absolute Gasteiger partial charge is 0.507 e. The Bertz CT molecular complexity index is 6870. The minimum Gasteiger partial charge on any atom is -0.537 e. The fraction of sp³-hybridized carbons (Fsp3) is 0.0303. The van der Waals surface area contributed by atoms with Crippen LogP contribution in [0.1, 0.15) is 16.7 Å². The van der Waals surface area contributed by atoms with Gasteiger partial charge in [-0.2, -0.15) is 88.1 Å². The molecule has 0 unspecified atom stereocenters. The molecule has 120 heavy (non-hydrogen) atoms. The van der Waals surface area contributed by atoms with Crippen LogP contribution in [0.15, 0.2) is 328 Å². The Morgan fingerprint density at radius 1 is 0.267 bits per heavy atom. The number of fused-ring (bicyclic) bond motifs is 42. The molecule has 0 saturated heterocycles. The minimum absolute atomic E-state index is 0. The van der Waals surface area contributed by atoms with Gasteiger partial charge in [-0.25, -0.2) is 0 Å². The van der Waals surface area contributed by atoms with Crippen molar-refractivity contribution in [3.05, 3.63) is 381 Å². The number of aromatic nitrogens is 9. The Balaban J connectivity index is 0.0000000951. The van der Waals surface area contributed by atoms with Gasteiger partial charge in [0.2, 0.25) is 0 Å². The SMILES string of the molecule is Cc1ccc2c(c1)N1B(O2)c2cccnc2-c2[c-]cccc21.Cc1cnc2c(c1)B1Oc3ccccc3N1c1ccc[c-]c1-2.Cc1cnc2c(c1)B1Oc3ccccc3N1c1ccc[c-]c1-2.[Ir].[Ir].[Ir].[c-]1cccc2c3ccccc3c3ccnn3c12.[c-]1cccc2c3ccccc3c3ccnn3c12.[c-]1cccc2c3ccccc3c3ccnn3c12. The fourth-order valence-corrected chi connectivity index (χ4v) is 17.3. The average Bonchev–Trinajstić information content (AvgIpc) is 1.55. The van der Waals surface area contributed by atoms with Gasteiger partial charge in [-0.15, -0.1) is 106 Å². The predicted octanol–water partition coefficient (Wildman–Crippen LogP) is 19.6. The first-order chi connectivity index (χ1) is 57.8. The van der Waals surface area contributed by atoms with E-state index in [4.69, 9.17) is 14.0 Å². The second kappa shape index (κ2) is 31.8. The molecule has 0 spiro atoms. The number of anilines is 6. The van der Waals surface area contributed by atoms with Gasteiger partial charge in [-0.05, 0) is 181 Å². The average molecular weight is 2080 g/mol. The molecule has 0 N–H and O–H groups in total. The number of aryl methyl sites for hydroxylation is 3. The van der Waals surface area contributed by atoms with E-state index >= 15 is 0 Å². The first kappa shape index (κ1) is 76.6. The molecule has 21 aromatic rings. The molecule has 6 aliphatic rings. The number of pyridine rings is 6. The van der Waals surface area contributed by atoms with Gasteiger partial charge in [0.25, 0.3) is 0 Å². The van der Waals surface area contributed by atoms with Crippen LogP contribution < -0.4 is 44.8 Å². The summed E-state index contributed by atoms with van der Waals surface area (Å²) in [6, 6.07) is 119. The van der Waals surface area contributed by atoms with Crippen molar-refractivity contribution in [3.63, 3.8) is 0 Å². The Morgan fingerprint density at radius 3 is 1.02 bits per heavy atom. The summed E-state index contributed by atoms with van der Waals surface area (Å²) in [6.45, 7) is 6.22. The quantitative estimate of drug-likeness (QED) is 0.0814. The third-order valence-corrected chi connectivity index (χ3v) is 22.3. The predicted molar refractivity (Wildman–Crippen MR) is 471 cm³/mol. The molecule has 15 heterocycles. The van der Waals surface area contributed by atoms with Crippen LogP contribution in [0.5, 0.6) is 17.2 Å². The first-order valence-corrected chi connectivity index (χ1v) is 38.9. The van der Waals surface area contributed by atoms with E-state index < -0.39 is 0 Å². The summed E-state index contributed by atoms with van der Waals surface area (Å²) in [7, 11) is -0.449. The normalized spacial score (nSPS) is 12.5. The Kier molecular flexibility index (Phi) is 20.3. The summed E-state index contributed by atoms with van der Waals surface area (Å²) in [6.07, 6.45) is 11.1. The molecule has 0 aliphatic carbocycles. The van der Waals surface area contributed by atoms with Crippen LogP contribution in [0.25, 0.3) is 115 Å². The Morgan fingerprint density at radius 2 is 0.600 bits per heavy atom. The molecule has 0 saturated carbocycles. The number of hydrogen-bond donors (Lipinski definition) is 0. The monoisotopic (exact) mass is 2080 g/mol. The number of para-hydroxylation sites is 7. The van der Waals surface area contributed by atoms with E-state index in [-0.39, 0.29) is 81.5 Å². The molecule has 579 valence electrons. The summed E-state index contributed by atoms with van der Waals surface area (Å²) < 4.78 is 24.5. The van der Waals surface area contributed by atoms with Gasteiger partial charge in [-0.3, -0.25) is 13.5 Å². The molecule has 3 radical (unpaired) electrons. The first-order valence-electron chi connectivity index (χ1n) is 38.9. The van der Waals surface area contributed by atoms with Gasteiger partial charge in [0.1, 0.15) is 17.2 Å². The topological polar surface area (TPSA) is 128 Å². The molecule has 27 rings (SSSR count). The molecular weight excluding hydrogens is 2010 g/mol. The van der Waals surface area contributed by atoms with E-state index in [1.807, 2.05) is 190 Å². The minimum atomic E-state index is -0.150. The van der Waals surface area contributed by atoms with Crippen molar-refractivity contribution in [3.8, 4) is 51.0 Å². The van der Waals surface area contributed by atoms with Crippen molar-refractivity contribution in [2.24, 2.45) is 0 Å². The molecule has 0 atom stereocenters. The molecule has 0 amide bonds. The van der Waals surface area contributed by atoms with E-state index in [1.54, 1.807) is 0 Å². The molecule has 0 bridgehead atoms. The number of benzene rings is 12. The van der Waals surface area contributed by atoms with Crippen LogP contribution in [0.3, 0.4) is 0 Å². The molecule has 9 aromatic heterocycles. The molecule has 12 aromatic carbocycles. The van der Waals surface area contributed by atoms with Crippen LogP contribution in [0.2, 0.25) is 0 Å². The summed E-state index contributed by atoms with van der Waals surface area (Å²) in [4.78, 5) is 20.6. The van der Waals surface area contributed by atoms with E-state index in [2.05, 4.69) is 254 Å². The van der Waals surface area contributed by atoms with Gasteiger partial charge >= 0.3 is 21.2 Å². The van der Waals surface area contributed by atoms with Crippen LogP contribution in [0.4, 0.5) is 34.1 Å². The Labute approximate surface area is 733 Å². The zero-order valence-corrected chi connectivity index (χ0v) is 71.7. The van der Waals surface area contributed by atoms with Gasteiger partial charge in [-0.1, -0.05) is 137 Å². The maximum Gasteiger partial charge on any atom is 0.507 e. The van der Waals surface area contributed by atoms with E-state index in [0.717, 1.165) is 146 Å². The number of hydrogen-bond acceptors (Lipinski definition) is 12. The van der Waals surface area contributed by atoms with Crippen molar-refractivity contribution < 1.29 is 74.3 Å². The third-order valence-electron chi connectivity index (χ3n) is 22.3. The van der Waals surface area contributed by atoms with Gasteiger partial charge in [0.05, 0.1) is 33.6 Å². The van der Waals surface area contributed by atoms with E-state index in [1.165, 1.54) is 54.0 Å². The maximum atomic E-state index is 6.22. The maximum absolute atomic E-state index is 6.22. The molecule has 15 nitrogen and oxygen atoms in total. The van der Waals surface area contributed by atoms with Gasteiger partial charge in [0, 0.05) is 97.5 Å².